The Morgan fingerprint density at radius 1 is 1.11 bits per heavy atom. The van der Waals surface area contributed by atoms with Gasteiger partial charge in [0.2, 0.25) is 0 Å². The van der Waals surface area contributed by atoms with E-state index in [1.54, 1.807) is 24.3 Å². The molecule has 0 radical (unpaired) electrons. The molecule has 152 valence electrons. The van der Waals surface area contributed by atoms with Crippen LogP contribution in [0.2, 0.25) is 0 Å². The third kappa shape index (κ3) is 5.62. The summed E-state index contributed by atoms with van der Waals surface area (Å²) >= 11 is 0. The Morgan fingerprint density at radius 2 is 1.75 bits per heavy atom. The number of benzene rings is 2. The Labute approximate surface area is 160 Å². The molecule has 0 aliphatic rings. The molecule has 2 aromatic carbocycles. The SMILES string of the molecule is COc1ccc(COC(=O)CNc2cccc(C(F)(F)F)c2S(C)(=O)=O)cc1. The minimum absolute atomic E-state index is 0.0496. The number of methoxy groups -OCH3 is 1. The molecule has 2 aromatic rings. The average molecular weight is 417 g/mol. The van der Waals surface area contributed by atoms with Crippen LogP contribution in [0.5, 0.6) is 5.75 Å². The van der Waals surface area contributed by atoms with E-state index in [0.29, 0.717) is 23.6 Å². The summed E-state index contributed by atoms with van der Waals surface area (Å²) < 4.78 is 73.1. The number of nitrogens with one attached hydrogen (secondary N) is 1. The Morgan fingerprint density at radius 3 is 2.29 bits per heavy atom. The van der Waals surface area contributed by atoms with E-state index < -0.39 is 39.0 Å². The Balaban J connectivity index is 2.08. The molecule has 10 heteroatoms. The molecule has 0 fully saturated rings. The van der Waals surface area contributed by atoms with Crippen LogP contribution in [0.25, 0.3) is 0 Å². The maximum absolute atomic E-state index is 13.1. The molecule has 0 spiro atoms. The van der Waals surface area contributed by atoms with E-state index >= 15 is 0 Å². The molecular formula is C18H18F3NO5S. The first kappa shape index (κ1) is 21.5. The van der Waals surface area contributed by atoms with Crippen LogP contribution in [-0.4, -0.2) is 34.3 Å². The maximum Gasteiger partial charge on any atom is 0.417 e. The number of hydrogen-bond acceptors (Lipinski definition) is 6. The van der Waals surface area contributed by atoms with Crippen molar-refractivity contribution in [2.75, 3.05) is 25.2 Å². The first-order chi connectivity index (χ1) is 13.0. The van der Waals surface area contributed by atoms with E-state index in [9.17, 15) is 26.4 Å². The fourth-order valence-corrected chi connectivity index (χ4v) is 3.53. The van der Waals surface area contributed by atoms with Crippen molar-refractivity contribution in [3.8, 4) is 5.75 Å². The quantitative estimate of drug-likeness (QED) is 0.697. The lowest BCUT2D eigenvalue weighted by atomic mass is 10.2. The van der Waals surface area contributed by atoms with Gasteiger partial charge in [0.1, 0.15) is 23.8 Å². The van der Waals surface area contributed by atoms with Gasteiger partial charge in [0.05, 0.1) is 18.4 Å². The summed E-state index contributed by atoms with van der Waals surface area (Å²) in [6, 6.07) is 9.63. The lowest BCUT2D eigenvalue weighted by Gasteiger charge is -2.16. The van der Waals surface area contributed by atoms with Crippen molar-refractivity contribution in [1.29, 1.82) is 0 Å². The van der Waals surface area contributed by atoms with Crippen LogP contribution in [0.4, 0.5) is 18.9 Å². The fourth-order valence-electron chi connectivity index (χ4n) is 2.40. The van der Waals surface area contributed by atoms with Gasteiger partial charge in [-0.25, -0.2) is 8.42 Å². The van der Waals surface area contributed by atoms with Gasteiger partial charge in [0.15, 0.2) is 9.84 Å². The van der Waals surface area contributed by atoms with E-state index in [1.807, 2.05) is 0 Å². The van der Waals surface area contributed by atoms with Crippen LogP contribution in [0.15, 0.2) is 47.4 Å². The summed E-state index contributed by atoms with van der Waals surface area (Å²) in [4.78, 5) is 11.0. The van der Waals surface area contributed by atoms with Crippen LogP contribution in [0.3, 0.4) is 0 Å². The number of carbonyl (C=O) groups excluding carboxylic acids is 1. The van der Waals surface area contributed by atoms with Gasteiger partial charge < -0.3 is 14.8 Å². The van der Waals surface area contributed by atoms with Crippen molar-refractivity contribution in [3.05, 3.63) is 53.6 Å². The number of ether oxygens (including phenoxy) is 2. The third-order valence-electron chi connectivity index (χ3n) is 3.67. The van der Waals surface area contributed by atoms with Crippen molar-refractivity contribution in [2.45, 2.75) is 17.7 Å². The lowest BCUT2D eigenvalue weighted by Crippen LogP contribution is -2.20. The van der Waals surface area contributed by atoms with Gasteiger partial charge in [-0.05, 0) is 29.8 Å². The van der Waals surface area contributed by atoms with E-state index in [-0.39, 0.29) is 12.3 Å². The molecule has 0 aliphatic heterocycles. The molecule has 1 N–H and O–H groups in total. The molecule has 6 nitrogen and oxygen atoms in total. The molecule has 0 heterocycles. The molecule has 0 saturated carbocycles. The predicted octanol–water partition coefficient (Wildman–Crippen LogP) is 3.27. The van der Waals surface area contributed by atoms with Gasteiger partial charge in [-0.15, -0.1) is 0 Å². The molecule has 28 heavy (non-hydrogen) atoms. The Hall–Kier alpha value is -2.75. The van der Waals surface area contributed by atoms with Gasteiger partial charge in [-0.2, -0.15) is 13.2 Å². The first-order valence-electron chi connectivity index (χ1n) is 7.95. The van der Waals surface area contributed by atoms with Gasteiger partial charge in [-0.1, -0.05) is 18.2 Å². The zero-order chi connectivity index (χ0) is 20.9. The molecule has 2 rings (SSSR count). The van der Waals surface area contributed by atoms with Crippen molar-refractivity contribution in [3.63, 3.8) is 0 Å². The normalized spacial score (nSPS) is 11.8. The number of anilines is 1. The molecule has 0 atom stereocenters. The fraction of sp³-hybridized carbons (Fsp3) is 0.278. The predicted molar refractivity (Wildman–Crippen MR) is 95.8 cm³/mol. The zero-order valence-corrected chi connectivity index (χ0v) is 15.9. The lowest BCUT2D eigenvalue weighted by molar-refractivity contribution is -0.142. The highest BCUT2D eigenvalue weighted by Gasteiger charge is 2.37. The van der Waals surface area contributed by atoms with Gasteiger partial charge >= 0.3 is 12.1 Å². The van der Waals surface area contributed by atoms with Crippen LogP contribution in [-0.2, 0) is 32.2 Å². The highest BCUT2D eigenvalue weighted by molar-refractivity contribution is 7.91. The van der Waals surface area contributed by atoms with E-state index in [1.165, 1.54) is 7.11 Å². The van der Waals surface area contributed by atoms with Gasteiger partial charge in [0, 0.05) is 6.26 Å². The molecule has 0 unspecified atom stereocenters. The van der Waals surface area contributed by atoms with Gasteiger partial charge in [-0.3, -0.25) is 4.79 Å². The second-order valence-corrected chi connectivity index (χ2v) is 7.77. The largest absolute Gasteiger partial charge is 0.497 e. The molecule has 0 aromatic heterocycles. The van der Waals surface area contributed by atoms with Crippen LogP contribution < -0.4 is 10.1 Å². The van der Waals surface area contributed by atoms with Gasteiger partial charge in [0.25, 0.3) is 0 Å². The first-order valence-corrected chi connectivity index (χ1v) is 9.84. The number of rotatable bonds is 7. The standard InChI is InChI=1S/C18H18F3NO5S/c1-26-13-8-6-12(7-9-13)11-27-16(23)10-22-15-5-3-4-14(18(19,20)21)17(15)28(2,24)25/h3-9,22H,10-11H2,1-2H3. The average Bonchev–Trinajstić information content (AvgIpc) is 2.63. The summed E-state index contributed by atoms with van der Waals surface area (Å²) in [7, 11) is -2.69. The monoisotopic (exact) mass is 417 g/mol. The summed E-state index contributed by atoms with van der Waals surface area (Å²) in [6.45, 7) is -0.550. The van der Waals surface area contributed by atoms with Crippen LogP contribution in [0, 0.1) is 0 Å². The summed E-state index contributed by atoms with van der Waals surface area (Å²) in [6.07, 6.45) is -4.18. The molecule has 0 bridgehead atoms. The highest BCUT2D eigenvalue weighted by Crippen LogP contribution is 2.37. The zero-order valence-electron chi connectivity index (χ0n) is 15.0. The number of halogens is 3. The van der Waals surface area contributed by atoms with Crippen molar-refractivity contribution < 1.29 is 35.9 Å². The Kier molecular flexibility index (Phi) is 6.55. The number of carbonyl (C=O) groups is 1. The Bertz CT molecular complexity index is 941. The number of sulfone groups is 1. The van der Waals surface area contributed by atoms with Crippen molar-refractivity contribution >= 4 is 21.5 Å². The van der Waals surface area contributed by atoms with E-state index in [4.69, 9.17) is 9.47 Å². The highest BCUT2D eigenvalue weighted by atomic mass is 32.2. The summed E-state index contributed by atoms with van der Waals surface area (Å²) in [5.74, 6) is -0.123. The number of esters is 1. The minimum atomic E-state index is -4.86. The van der Waals surface area contributed by atoms with E-state index in [2.05, 4.69) is 5.32 Å². The van der Waals surface area contributed by atoms with E-state index in [0.717, 1.165) is 12.1 Å². The second kappa shape index (κ2) is 8.51. The third-order valence-corrected chi connectivity index (χ3v) is 4.85. The van der Waals surface area contributed by atoms with Crippen LogP contribution >= 0.6 is 0 Å². The minimum Gasteiger partial charge on any atom is -0.497 e. The number of alkyl halides is 3. The van der Waals surface area contributed by atoms with Crippen molar-refractivity contribution in [1.82, 2.24) is 0 Å². The molecule has 0 saturated heterocycles. The maximum atomic E-state index is 13.1. The molecule has 0 amide bonds. The summed E-state index contributed by atoms with van der Waals surface area (Å²) in [5, 5.41) is 2.41. The number of hydrogen-bond donors (Lipinski definition) is 1. The smallest absolute Gasteiger partial charge is 0.417 e. The van der Waals surface area contributed by atoms with Crippen LogP contribution in [0.1, 0.15) is 11.1 Å². The topological polar surface area (TPSA) is 81.7 Å². The molecule has 0 aliphatic carbocycles. The summed E-state index contributed by atoms with van der Waals surface area (Å²) in [5.41, 5.74) is -0.935. The molecular weight excluding hydrogens is 399 g/mol. The second-order valence-electron chi connectivity index (χ2n) is 5.81. The van der Waals surface area contributed by atoms with Crippen molar-refractivity contribution in [2.24, 2.45) is 0 Å².